The van der Waals surface area contributed by atoms with E-state index in [0.717, 1.165) is 6.42 Å². The molecule has 0 aromatic heterocycles. The number of nitrogens with one attached hydrogen (secondary N) is 1. The molecule has 22 heavy (non-hydrogen) atoms. The van der Waals surface area contributed by atoms with E-state index in [4.69, 9.17) is 18.0 Å². The number of esters is 1. The average Bonchev–Trinajstić information content (AvgIpc) is 2.45. The van der Waals surface area contributed by atoms with Crippen molar-refractivity contribution in [3.05, 3.63) is 12.2 Å². The van der Waals surface area contributed by atoms with Crippen LogP contribution in [0.5, 0.6) is 0 Å². The van der Waals surface area contributed by atoms with Crippen LogP contribution in [0.25, 0.3) is 0 Å². The fourth-order valence-electron chi connectivity index (χ4n) is 1.77. The van der Waals surface area contributed by atoms with Crippen LogP contribution in [-0.4, -0.2) is 54.8 Å². The van der Waals surface area contributed by atoms with Crippen LogP contribution < -0.4 is 5.32 Å². The van der Waals surface area contributed by atoms with Gasteiger partial charge in [-0.2, -0.15) is 0 Å². The van der Waals surface area contributed by atoms with E-state index >= 15 is 0 Å². The molecule has 0 spiro atoms. The van der Waals surface area contributed by atoms with E-state index in [1.54, 1.807) is 28.3 Å². The Morgan fingerprint density at radius 3 is 2.09 bits per heavy atom. The highest BCUT2D eigenvalue weighted by Gasteiger charge is 2.39. The van der Waals surface area contributed by atoms with Gasteiger partial charge in [-0.3, -0.25) is 0 Å². The van der Waals surface area contributed by atoms with Gasteiger partial charge in [-0.05, 0) is 27.2 Å². The molecular formula is C14H30ClNO5Si. The Morgan fingerprint density at radius 2 is 1.68 bits per heavy atom. The van der Waals surface area contributed by atoms with Gasteiger partial charge in [0.2, 0.25) is 0 Å². The monoisotopic (exact) mass is 355 g/mol. The zero-order chi connectivity index (χ0) is 16.5. The third-order valence-corrected chi connectivity index (χ3v) is 6.00. The minimum Gasteiger partial charge on any atom is -0.461 e. The van der Waals surface area contributed by atoms with Crippen LogP contribution in [0.2, 0.25) is 6.04 Å². The molecule has 0 unspecified atom stereocenters. The first-order chi connectivity index (χ1) is 9.72. The van der Waals surface area contributed by atoms with Gasteiger partial charge in [-0.25, -0.2) is 4.79 Å². The first-order valence-electron chi connectivity index (χ1n) is 6.95. The van der Waals surface area contributed by atoms with Crippen LogP contribution in [-0.2, 0) is 22.8 Å². The molecule has 0 radical (unpaired) electrons. The fraction of sp³-hybridized carbons (Fsp3) is 0.786. The molecule has 0 saturated heterocycles. The Morgan fingerprint density at radius 1 is 1.18 bits per heavy atom. The van der Waals surface area contributed by atoms with Crippen molar-refractivity contribution in [3.8, 4) is 0 Å². The van der Waals surface area contributed by atoms with Crippen molar-refractivity contribution >= 4 is 27.2 Å². The van der Waals surface area contributed by atoms with Gasteiger partial charge in [0.25, 0.3) is 0 Å². The number of carbonyl (C=O) groups excluding carboxylic acids is 1. The van der Waals surface area contributed by atoms with E-state index in [1.807, 2.05) is 0 Å². The van der Waals surface area contributed by atoms with Crippen LogP contribution in [0, 0.1) is 0 Å². The molecule has 0 saturated carbocycles. The van der Waals surface area contributed by atoms with Crippen molar-refractivity contribution in [1.82, 2.24) is 5.32 Å². The second-order valence-corrected chi connectivity index (χ2v) is 8.61. The predicted molar refractivity (Wildman–Crippen MR) is 91.3 cm³/mol. The first kappa shape index (κ1) is 23.8. The minimum absolute atomic E-state index is 0. The maximum atomic E-state index is 11.2. The van der Waals surface area contributed by atoms with Crippen LogP contribution in [0.1, 0.15) is 27.2 Å². The highest BCUT2D eigenvalue weighted by atomic mass is 35.5. The summed E-state index contributed by atoms with van der Waals surface area (Å²) in [5.74, 6) is -0.362. The molecule has 0 amide bonds. The predicted octanol–water partition coefficient (Wildman–Crippen LogP) is 2.16. The zero-order valence-corrected chi connectivity index (χ0v) is 16.3. The lowest BCUT2D eigenvalue weighted by atomic mass is 10.0. The molecule has 0 heterocycles. The van der Waals surface area contributed by atoms with Gasteiger partial charge in [0.15, 0.2) is 0 Å². The Kier molecular flexibility index (Phi) is 12.1. The third kappa shape index (κ3) is 8.87. The lowest BCUT2D eigenvalue weighted by molar-refractivity contribution is -0.138. The number of halogens is 1. The summed E-state index contributed by atoms with van der Waals surface area (Å²) in [5, 5.41) is 3.35. The molecular weight excluding hydrogens is 326 g/mol. The van der Waals surface area contributed by atoms with Crippen LogP contribution in [0.3, 0.4) is 0 Å². The van der Waals surface area contributed by atoms with Crippen molar-refractivity contribution in [3.63, 3.8) is 0 Å². The number of carbonyl (C=O) groups is 1. The van der Waals surface area contributed by atoms with Crippen LogP contribution in [0.4, 0.5) is 0 Å². The smallest absolute Gasteiger partial charge is 0.461 e. The molecule has 0 atom stereocenters. The van der Waals surface area contributed by atoms with Crippen LogP contribution >= 0.6 is 12.4 Å². The topological polar surface area (TPSA) is 66.0 Å². The van der Waals surface area contributed by atoms with E-state index in [0.29, 0.717) is 24.8 Å². The molecule has 0 rings (SSSR count). The molecule has 0 bridgehead atoms. The second kappa shape index (κ2) is 11.1. The van der Waals surface area contributed by atoms with E-state index in [-0.39, 0.29) is 23.9 Å². The summed E-state index contributed by atoms with van der Waals surface area (Å²) in [7, 11) is 2.28. The number of hydrogen-bond donors (Lipinski definition) is 1. The van der Waals surface area contributed by atoms with Gasteiger partial charge in [0.05, 0.1) is 0 Å². The van der Waals surface area contributed by atoms with E-state index in [9.17, 15) is 4.79 Å². The number of rotatable bonds is 11. The van der Waals surface area contributed by atoms with Gasteiger partial charge in [0.1, 0.15) is 6.61 Å². The normalized spacial score (nSPS) is 11.7. The van der Waals surface area contributed by atoms with Gasteiger partial charge in [0, 0.05) is 45.0 Å². The molecule has 1 N–H and O–H groups in total. The lowest BCUT2D eigenvalue weighted by Gasteiger charge is -2.31. The Balaban J connectivity index is 0. The summed E-state index contributed by atoms with van der Waals surface area (Å²) in [5.41, 5.74) is 0.272. The fourth-order valence-corrected chi connectivity index (χ4v) is 3.81. The molecule has 0 aromatic carbocycles. The standard InChI is InChI=1S/C14H29NO5Si.ClH/c1-12(2)13(16)20-10-9-15-14(3,4)8-11-21(17-5,18-6)19-7;/h15H,1,8-11H2,2-7H3;1H. The SMILES string of the molecule is C=C(C)C(=O)OCCNC(C)(C)CC[Si](OC)(OC)OC.Cl. The summed E-state index contributed by atoms with van der Waals surface area (Å²) in [6.07, 6.45) is 0.823. The molecule has 0 fully saturated rings. The number of ether oxygens (including phenoxy) is 1. The quantitative estimate of drug-likeness (QED) is 0.265. The summed E-state index contributed by atoms with van der Waals surface area (Å²) >= 11 is 0. The largest absolute Gasteiger partial charge is 0.500 e. The van der Waals surface area contributed by atoms with Crippen LogP contribution in [0.15, 0.2) is 12.2 Å². The molecule has 0 aliphatic rings. The molecule has 132 valence electrons. The summed E-state index contributed by atoms with van der Waals surface area (Å²) < 4.78 is 21.2. The molecule has 0 aliphatic heterocycles. The Labute approximate surface area is 141 Å². The maximum absolute atomic E-state index is 11.2. The van der Waals surface area contributed by atoms with Crippen molar-refractivity contribution in [2.75, 3.05) is 34.5 Å². The van der Waals surface area contributed by atoms with Crippen molar-refractivity contribution in [2.45, 2.75) is 38.8 Å². The second-order valence-electron chi connectivity index (χ2n) is 5.52. The maximum Gasteiger partial charge on any atom is 0.500 e. The van der Waals surface area contributed by atoms with Gasteiger partial charge in [-0.15, -0.1) is 12.4 Å². The minimum atomic E-state index is -2.54. The molecule has 0 aromatic rings. The van der Waals surface area contributed by atoms with Crippen molar-refractivity contribution in [1.29, 1.82) is 0 Å². The molecule has 8 heteroatoms. The highest BCUT2D eigenvalue weighted by Crippen LogP contribution is 2.21. The van der Waals surface area contributed by atoms with E-state index in [1.165, 1.54) is 0 Å². The van der Waals surface area contributed by atoms with Gasteiger partial charge < -0.3 is 23.3 Å². The first-order valence-corrected chi connectivity index (χ1v) is 8.88. The lowest BCUT2D eigenvalue weighted by Crippen LogP contribution is -2.47. The zero-order valence-electron chi connectivity index (χ0n) is 14.5. The average molecular weight is 356 g/mol. The van der Waals surface area contributed by atoms with Gasteiger partial charge >= 0.3 is 14.8 Å². The molecule has 6 nitrogen and oxygen atoms in total. The highest BCUT2D eigenvalue weighted by molar-refractivity contribution is 6.60. The Bertz CT molecular complexity index is 340. The van der Waals surface area contributed by atoms with Crippen molar-refractivity contribution < 1.29 is 22.8 Å². The third-order valence-electron chi connectivity index (χ3n) is 3.28. The molecule has 0 aliphatic carbocycles. The number of hydrogen-bond acceptors (Lipinski definition) is 6. The van der Waals surface area contributed by atoms with Gasteiger partial charge in [-0.1, -0.05) is 6.58 Å². The van der Waals surface area contributed by atoms with E-state index in [2.05, 4.69) is 25.7 Å². The summed E-state index contributed by atoms with van der Waals surface area (Å²) in [4.78, 5) is 11.2. The van der Waals surface area contributed by atoms with E-state index < -0.39 is 8.80 Å². The summed E-state index contributed by atoms with van der Waals surface area (Å²) in [6.45, 7) is 10.2. The van der Waals surface area contributed by atoms with Crippen molar-refractivity contribution in [2.24, 2.45) is 0 Å². The Hall–Kier alpha value is -0.443. The summed E-state index contributed by atoms with van der Waals surface area (Å²) in [6, 6.07) is 0.710.